The molecular weight excluding hydrogens is 458 g/mol. The van der Waals surface area contributed by atoms with Crippen LogP contribution in [0.3, 0.4) is 0 Å². The number of esters is 1. The van der Waals surface area contributed by atoms with Gasteiger partial charge < -0.3 is 26.3 Å². The van der Waals surface area contributed by atoms with Gasteiger partial charge in [-0.1, -0.05) is 72.8 Å². The molecule has 3 aromatic carbocycles. The molecule has 8 heteroatoms. The number of carbonyl (C=O) groups excluding carboxylic acids is 3. The maximum absolute atomic E-state index is 12.6. The molecule has 0 bridgehead atoms. The van der Waals surface area contributed by atoms with Crippen molar-refractivity contribution in [3.8, 4) is 5.75 Å². The van der Waals surface area contributed by atoms with E-state index >= 15 is 0 Å². The van der Waals surface area contributed by atoms with Gasteiger partial charge in [0.2, 0.25) is 11.8 Å². The molecule has 0 spiro atoms. The van der Waals surface area contributed by atoms with Crippen LogP contribution < -0.4 is 21.5 Å². The number of amides is 2. The Morgan fingerprint density at radius 2 is 1.36 bits per heavy atom. The Bertz CT molecular complexity index is 1120. The quantitative estimate of drug-likeness (QED) is 0.316. The van der Waals surface area contributed by atoms with Gasteiger partial charge in [0.1, 0.15) is 25.0 Å². The first-order valence-corrected chi connectivity index (χ1v) is 11.7. The van der Waals surface area contributed by atoms with Crippen molar-refractivity contribution in [3.63, 3.8) is 0 Å². The lowest BCUT2D eigenvalue weighted by molar-refractivity contribution is -0.145. The number of nitrogens with two attached hydrogens (primary N) is 2. The van der Waals surface area contributed by atoms with E-state index in [1.54, 1.807) is 0 Å². The van der Waals surface area contributed by atoms with Gasteiger partial charge in [0, 0.05) is 6.42 Å². The third-order valence-corrected chi connectivity index (χ3v) is 5.50. The number of rotatable bonds is 13. The summed E-state index contributed by atoms with van der Waals surface area (Å²) < 4.78 is 11.0. The highest BCUT2D eigenvalue weighted by molar-refractivity contribution is 5.89. The van der Waals surface area contributed by atoms with Crippen LogP contribution in [0.1, 0.15) is 29.5 Å². The maximum atomic E-state index is 12.6. The molecule has 0 aliphatic carbocycles. The summed E-state index contributed by atoms with van der Waals surface area (Å²) in [5, 5.41) is 2.54. The number of nitrogens with one attached hydrogen (secondary N) is 1. The van der Waals surface area contributed by atoms with E-state index in [0.29, 0.717) is 12.4 Å². The van der Waals surface area contributed by atoms with E-state index in [-0.39, 0.29) is 25.9 Å². The van der Waals surface area contributed by atoms with Crippen LogP contribution in [0.4, 0.5) is 0 Å². The summed E-state index contributed by atoms with van der Waals surface area (Å²) >= 11 is 0. The number of ether oxygens (including phenoxy) is 2. The van der Waals surface area contributed by atoms with Gasteiger partial charge in [-0.15, -0.1) is 0 Å². The van der Waals surface area contributed by atoms with Crippen LogP contribution in [0.5, 0.6) is 5.75 Å². The Morgan fingerprint density at radius 3 is 1.94 bits per heavy atom. The van der Waals surface area contributed by atoms with Crippen molar-refractivity contribution in [3.05, 3.63) is 102 Å². The lowest BCUT2D eigenvalue weighted by atomic mass is 10.0. The first-order chi connectivity index (χ1) is 17.4. The molecule has 0 fully saturated rings. The Morgan fingerprint density at radius 1 is 0.778 bits per heavy atom. The van der Waals surface area contributed by atoms with Gasteiger partial charge in [-0.25, -0.2) is 0 Å². The number of benzene rings is 3. The van der Waals surface area contributed by atoms with E-state index in [0.717, 1.165) is 16.7 Å². The predicted octanol–water partition coefficient (Wildman–Crippen LogP) is 2.63. The van der Waals surface area contributed by atoms with Crippen LogP contribution in [0, 0.1) is 0 Å². The SMILES string of the molecule is NC(=O)[C@@H](CCC(=O)OCc1ccccc1)NC(=O)[C@@H](N)Cc1ccc(OCc2ccccc2)cc1. The summed E-state index contributed by atoms with van der Waals surface area (Å²) in [6.45, 7) is 0.588. The second-order valence-corrected chi connectivity index (χ2v) is 8.38. The number of hydrogen-bond donors (Lipinski definition) is 3. The minimum Gasteiger partial charge on any atom is -0.489 e. The van der Waals surface area contributed by atoms with Crippen molar-refractivity contribution < 1.29 is 23.9 Å². The maximum Gasteiger partial charge on any atom is 0.306 e. The van der Waals surface area contributed by atoms with Crippen molar-refractivity contribution in [1.82, 2.24) is 5.32 Å². The fourth-order valence-corrected chi connectivity index (χ4v) is 3.45. The van der Waals surface area contributed by atoms with Crippen LogP contribution in [-0.4, -0.2) is 29.9 Å². The second-order valence-electron chi connectivity index (χ2n) is 8.38. The average Bonchev–Trinajstić information content (AvgIpc) is 2.90. The van der Waals surface area contributed by atoms with Gasteiger partial charge in [-0.3, -0.25) is 14.4 Å². The minimum atomic E-state index is -1.03. The molecule has 0 aliphatic rings. The third kappa shape index (κ3) is 8.88. The first-order valence-electron chi connectivity index (χ1n) is 11.7. The van der Waals surface area contributed by atoms with Gasteiger partial charge in [-0.05, 0) is 41.7 Å². The lowest BCUT2D eigenvalue weighted by Gasteiger charge is -2.18. The van der Waals surface area contributed by atoms with Crippen molar-refractivity contribution in [2.24, 2.45) is 11.5 Å². The van der Waals surface area contributed by atoms with E-state index < -0.39 is 29.9 Å². The predicted molar refractivity (Wildman–Crippen MR) is 135 cm³/mol. The van der Waals surface area contributed by atoms with Crippen molar-refractivity contribution in [2.75, 3.05) is 0 Å². The molecule has 2 atom stereocenters. The second kappa shape index (κ2) is 13.7. The van der Waals surface area contributed by atoms with Crippen LogP contribution >= 0.6 is 0 Å². The van der Waals surface area contributed by atoms with Crippen molar-refractivity contribution >= 4 is 17.8 Å². The molecule has 3 rings (SSSR count). The molecule has 36 heavy (non-hydrogen) atoms. The highest BCUT2D eigenvalue weighted by atomic mass is 16.5. The zero-order chi connectivity index (χ0) is 25.8. The summed E-state index contributed by atoms with van der Waals surface area (Å²) in [5.41, 5.74) is 14.2. The molecule has 0 heterocycles. The van der Waals surface area contributed by atoms with Crippen molar-refractivity contribution in [1.29, 1.82) is 0 Å². The normalized spacial score (nSPS) is 12.2. The molecule has 5 N–H and O–H groups in total. The summed E-state index contributed by atoms with van der Waals surface area (Å²) in [4.78, 5) is 36.4. The summed E-state index contributed by atoms with van der Waals surface area (Å²) in [6, 6.07) is 24.4. The average molecular weight is 490 g/mol. The zero-order valence-corrected chi connectivity index (χ0v) is 20.0. The van der Waals surface area contributed by atoms with Crippen molar-refractivity contribution in [2.45, 2.75) is 44.6 Å². The van der Waals surface area contributed by atoms with Crippen LogP contribution in [0.2, 0.25) is 0 Å². The Kier molecular flexibility index (Phi) is 10.0. The van der Waals surface area contributed by atoms with Gasteiger partial charge >= 0.3 is 5.97 Å². The number of hydrogen-bond acceptors (Lipinski definition) is 6. The minimum absolute atomic E-state index is 0.0227. The summed E-state index contributed by atoms with van der Waals surface area (Å²) in [7, 11) is 0. The Labute approximate surface area is 210 Å². The highest BCUT2D eigenvalue weighted by Gasteiger charge is 2.23. The van der Waals surface area contributed by atoms with E-state index in [9.17, 15) is 14.4 Å². The molecule has 188 valence electrons. The van der Waals surface area contributed by atoms with E-state index in [4.69, 9.17) is 20.9 Å². The smallest absolute Gasteiger partial charge is 0.306 e. The first kappa shape index (κ1) is 26.4. The number of primary amides is 1. The molecule has 8 nitrogen and oxygen atoms in total. The molecule has 2 amide bonds. The summed E-state index contributed by atoms with van der Waals surface area (Å²) in [6.07, 6.45) is 0.213. The van der Waals surface area contributed by atoms with E-state index in [1.807, 2.05) is 84.9 Å². The zero-order valence-electron chi connectivity index (χ0n) is 20.0. The van der Waals surface area contributed by atoms with E-state index in [1.165, 1.54) is 0 Å². The van der Waals surface area contributed by atoms with Gasteiger partial charge in [0.05, 0.1) is 6.04 Å². The van der Waals surface area contributed by atoms with Crippen LogP contribution in [0.25, 0.3) is 0 Å². The molecule has 0 aromatic heterocycles. The molecule has 0 radical (unpaired) electrons. The topological polar surface area (TPSA) is 134 Å². The van der Waals surface area contributed by atoms with Crippen LogP contribution in [-0.2, 0) is 38.8 Å². The molecule has 0 saturated carbocycles. The fraction of sp³-hybridized carbons (Fsp3) is 0.250. The van der Waals surface area contributed by atoms with Crippen LogP contribution in [0.15, 0.2) is 84.9 Å². The van der Waals surface area contributed by atoms with Gasteiger partial charge in [-0.2, -0.15) is 0 Å². The molecule has 0 aliphatic heterocycles. The molecule has 3 aromatic rings. The third-order valence-electron chi connectivity index (χ3n) is 5.50. The lowest BCUT2D eigenvalue weighted by Crippen LogP contribution is -2.51. The largest absolute Gasteiger partial charge is 0.489 e. The molecule has 0 saturated heterocycles. The highest BCUT2D eigenvalue weighted by Crippen LogP contribution is 2.15. The van der Waals surface area contributed by atoms with Gasteiger partial charge in [0.15, 0.2) is 0 Å². The summed E-state index contributed by atoms with van der Waals surface area (Å²) in [5.74, 6) is -1.06. The number of carbonyl (C=O) groups is 3. The standard InChI is InChI=1S/C28H31N3O5/c29-24(17-20-11-13-23(14-12-20)35-18-21-7-3-1-4-8-21)28(34)31-25(27(30)33)15-16-26(32)36-19-22-9-5-2-6-10-22/h1-14,24-25H,15-19,29H2,(H2,30,33)(H,31,34)/t24-,25+/m0/s1. The Hall–Kier alpha value is -4.17. The monoisotopic (exact) mass is 489 g/mol. The molecular formula is C28H31N3O5. The van der Waals surface area contributed by atoms with E-state index in [2.05, 4.69) is 5.32 Å². The van der Waals surface area contributed by atoms with Gasteiger partial charge in [0.25, 0.3) is 0 Å². The molecule has 0 unspecified atom stereocenters. The Balaban J connectivity index is 1.42. The fourth-order valence-electron chi connectivity index (χ4n) is 3.45.